The van der Waals surface area contributed by atoms with Gasteiger partial charge in [0, 0.05) is 11.4 Å². The van der Waals surface area contributed by atoms with Crippen LogP contribution in [0.4, 0.5) is 0 Å². The van der Waals surface area contributed by atoms with E-state index in [4.69, 9.17) is 23.2 Å². The zero-order valence-electron chi connectivity index (χ0n) is 16.3. The van der Waals surface area contributed by atoms with E-state index in [-0.39, 0.29) is 0 Å². The van der Waals surface area contributed by atoms with Crippen molar-refractivity contribution in [3.63, 3.8) is 0 Å². The second kappa shape index (κ2) is 9.29. The van der Waals surface area contributed by atoms with Crippen molar-refractivity contribution in [1.29, 1.82) is 0 Å². The van der Waals surface area contributed by atoms with Crippen molar-refractivity contribution in [2.45, 2.75) is 26.8 Å². The van der Waals surface area contributed by atoms with Crippen molar-refractivity contribution in [2.75, 3.05) is 0 Å². The second-order valence-electron chi connectivity index (χ2n) is 7.02. The molecule has 3 rings (SSSR count). The number of aromatic nitrogens is 2. The molecule has 0 aliphatic carbocycles. The lowest BCUT2D eigenvalue weighted by atomic mass is 10.1. The van der Waals surface area contributed by atoms with Gasteiger partial charge in [0.05, 0.1) is 18.2 Å². The highest BCUT2D eigenvalue weighted by molar-refractivity contribution is 6.31. The van der Waals surface area contributed by atoms with Crippen LogP contribution in [0.3, 0.4) is 0 Å². The lowest BCUT2D eigenvalue weighted by molar-refractivity contribution is -0.141. The van der Waals surface area contributed by atoms with Gasteiger partial charge in [-0.3, -0.25) is 4.79 Å². The monoisotopic (exact) mass is 428 g/mol. The fraction of sp³-hybridized carbons (Fsp3) is 0.217. The van der Waals surface area contributed by atoms with Crippen molar-refractivity contribution in [2.24, 2.45) is 5.92 Å². The Morgan fingerprint density at radius 2 is 1.83 bits per heavy atom. The van der Waals surface area contributed by atoms with Crippen LogP contribution in [0.2, 0.25) is 10.2 Å². The van der Waals surface area contributed by atoms with E-state index in [0.29, 0.717) is 28.8 Å². The fourth-order valence-corrected chi connectivity index (χ4v) is 3.63. The van der Waals surface area contributed by atoms with E-state index in [1.54, 1.807) is 6.92 Å². The molecule has 150 valence electrons. The minimum Gasteiger partial charge on any atom is -0.481 e. The summed E-state index contributed by atoms with van der Waals surface area (Å²) >= 11 is 12.8. The molecule has 4 nitrogen and oxygen atoms in total. The lowest BCUT2D eigenvalue weighted by Gasteiger charge is -2.14. The summed E-state index contributed by atoms with van der Waals surface area (Å²) in [5, 5.41) is 10.2. The number of carbonyl (C=O) groups is 1. The van der Waals surface area contributed by atoms with Crippen LogP contribution in [0.15, 0.2) is 48.5 Å². The number of hydrogen-bond acceptors (Lipinski definition) is 2. The van der Waals surface area contributed by atoms with Gasteiger partial charge < -0.3 is 9.67 Å². The second-order valence-corrected chi connectivity index (χ2v) is 7.79. The van der Waals surface area contributed by atoms with Gasteiger partial charge in [0.25, 0.3) is 0 Å². The van der Waals surface area contributed by atoms with E-state index < -0.39 is 11.9 Å². The first kappa shape index (κ1) is 21.2. The van der Waals surface area contributed by atoms with Gasteiger partial charge in [-0.05, 0) is 29.7 Å². The summed E-state index contributed by atoms with van der Waals surface area (Å²) in [5.74, 6) is -0.686. The van der Waals surface area contributed by atoms with Crippen molar-refractivity contribution < 1.29 is 9.90 Å². The maximum Gasteiger partial charge on any atom is 0.306 e. The first-order chi connectivity index (χ1) is 13.8. The van der Waals surface area contributed by atoms with Gasteiger partial charge in [-0.15, -0.1) is 0 Å². The number of carboxylic acid groups (broad SMARTS) is 1. The molecule has 1 atom stereocenters. The Labute approximate surface area is 180 Å². The van der Waals surface area contributed by atoms with Crippen molar-refractivity contribution >= 4 is 41.3 Å². The first-order valence-corrected chi connectivity index (χ1v) is 10.1. The summed E-state index contributed by atoms with van der Waals surface area (Å²) in [5.41, 5.74) is 3.75. The molecule has 0 fully saturated rings. The van der Waals surface area contributed by atoms with Crippen LogP contribution < -0.4 is 0 Å². The number of nitrogens with zero attached hydrogens (tertiary/aromatic N) is 2. The Morgan fingerprint density at radius 3 is 2.48 bits per heavy atom. The average molecular weight is 429 g/mol. The molecular weight excluding hydrogens is 407 g/mol. The van der Waals surface area contributed by atoms with Crippen molar-refractivity contribution in [3.8, 4) is 0 Å². The van der Waals surface area contributed by atoms with Gasteiger partial charge in [-0.25, -0.2) is 4.98 Å². The number of aliphatic carboxylic acids is 1. The molecule has 1 unspecified atom stereocenters. The average Bonchev–Trinajstić information content (AvgIpc) is 2.95. The molecule has 0 amide bonds. The Hall–Kier alpha value is -2.56. The summed E-state index contributed by atoms with van der Waals surface area (Å²) < 4.78 is 1.93. The maximum atomic E-state index is 11.2. The summed E-state index contributed by atoms with van der Waals surface area (Å²) in [6, 6.07) is 16.0. The predicted octanol–water partition coefficient (Wildman–Crippen LogP) is 5.98. The molecule has 1 N–H and O–H groups in total. The predicted molar refractivity (Wildman–Crippen MR) is 118 cm³/mol. The molecule has 0 saturated heterocycles. The number of halogens is 2. The number of benzene rings is 2. The van der Waals surface area contributed by atoms with E-state index in [0.717, 1.165) is 22.5 Å². The first-order valence-electron chi connectivity index (χ1n) is 9.31. The quantitative estimate of drug-likeness (QED) is 0.470. The Balaban J connectivity index is 1.82. The van der Waals surface area contributed by atoms with Crippen molar-refractivity contribution in [1.82, 2.24) is 9.55 Å². The zero-order valence-corrected chi connectivity index (χ0v) is 17.8. The molecule has 0 saturated carbocycles. The third-order valence-corrected chi connectivity index (χ3v) is 5.46. The minimum atomic E-state index is -0.862. The number of hydrogen-bond donors (Lipinski definition) is 1. The highest BCUT2D eigenvalue weighted by atomic mass is 35.5. The minimum absolute atomic E-state index is 0.310. The van der Waals surface area contributed by atoms with Crippen LogP contribution in [-0.4, -0.2) is 20.6 Å². The van der Waals surface area contributed by atoms with Crippen LogP contribution in [0.1, 0.15) is 35.1 Å². The van der Waals surface area contributed by atoms with E-state index in [1.807, 2.05) is 72.2 Å². The Kier molecular flexibility index (Phi) is 6.78. The van der Waals surface area contributed by atoms with Crippen LogP contribution in [0.25, 0.3) is 12.2 Å². The van der Waals surface area contributed by atoms with Gasteiger partial charge >= 0.3 is 5.97 Å². The van der Waals surface area contributed by atoms with Crippen LogP contribution in [0.5, 0.6) is 0 Å². The van der Waals surface area contributed by atoms with Crippen molar-refractivity contribution in [3.05, 3.63) is 86.9 Å². The molecule has 2 aromatic carbocycles. The number of carboxylic acids is 1. The van der Waals surface area contributed by atoms with Crippen LogP contribution >= 0.6 is 23.2 Å². The van der Waals surface area contributed by atoms with E-state index >= 15 is 0 Å². The molecular formula is C23H22Cl2N2O2. The summed E-state index contributed by atoms with van der Waals surface area (Å²) in [7, 11) is 0. The van der Waals surface area contributed by atoms with E-state index in [2.05, 4.69) is 4.98 Å². The molecule has 3 aromatic rings. The molecule has 0 radical (unpaired) electrons. The lowest BCUT2D eigenvalue weighted by Crippen LogP contribution is -2.16. The molecule has 29 heavy (non-hydrogen) atoms. The number of aryl methyl sites for hydroxylation is 1. The molecule has 0 bridgehead atoms. The van der Waals surface area contributed by atoms with Gasteiger partial charge in [0.1, 0.15) is 5.82 Å². The van der Waals surface area contributed by atoms with Gasteiger partial charge in [-0.1, -0.05) is 84.7 Å². The molecule has 0 aliphatic rings. The Bertz CT molecular complexity index is 1040. The maximum absolute atomic E-state index is 11.2. The molecule has 1 aromatic heterocycles. The molecule has 1 heterocycles. The number of rotatable bonds is 7. The fourth-order valence-electron chi connectivity index (χ4n) is 3.08. The molecule has 0 aliphatic heterocycles. The van der Waals surface area contributed by atoms with Gasteiger partial charge in [-0.2, -0.15) is 0 Å². The standard InChI is InChI=1S/C23H22Cl2N2O2/c1-15(23(28)29)12-21-22(25)26-16(2)27(21)14-19-11-10-18(13-20(19)24)9-8-17-6-4-3-5-7-17/h3-11,13,15H,12,14H2,1-2H3,(H,28,29)/b9-8+. The third kappa shape index (κ3) is 5.28. The smallest absolute Gasteiger partial charge is 0.306 e. The van der Waals surface area contributed by atoms with Gasteiger partial charge in [0.15, 0.2) is 5.15 Å². The normalized spacial score (nSPS) is 12.4. The van der Waals surface area contributed by atoms with E-state index in [1.165, 1.54) is 0 Å². The molecule has 6 heteroatoms. The Morgan fingerprint density at radius 1 is 1.14 bits per heavy atom. The van der Waals surface area contributed by atoms with Crippen LogP contribution in [0, 0.1) is 12.8 Å². The summed E-state index contributed by atoms with van der Waals surface area (Å²) in [4.78, 5) is 15.6. The van der Waals surface area contributed by atoms with E-state index in [9.17, 15) is 9.90 Å². The van der Waals surface area contributed by atoms with Gasteiger partial charge in [0.2, 0.25) is 0 Å². The zero-order chi connectivity index (χ0) is 21.0. The SMILES string of the molecule is Cc1nc(Cl)c(CC(C)C(=O)O)n1Cc1ccc(/C=C/c2ccccc2)cc1Cl. The molecule has 0 spiro atoms. The summed E-state index contributed by atoms with van der Waals surface area (Å²) in [6.07, 6.45) is 4.37. The highest BCUT2D eigenvalue weighted by Crippen LogP contribution is 2.25. The van der Waals surface area contributed by atoms with Crippen LogP contribution in [-0.2, 0) is 17.8 Å². The largest absolute Gasteiger partial charge is 0.481 e. The topological polar surface area (TPSA) is 55.1 Å². The highest BCUT2D eigenvalue weighted by Gasteiger charge is 2.20. The summed E-state index contributed by atoms with van der Waals surface area (Å²) in [6.45, 7) is 3.99. The number of imidazole rings is 1. The third-order valence-electron chi connectivity index (χ3n) is 4.81.